The van der Waals surface area contributed by atoms with Gasteiger partial charge in [0.1, 0.15) is 5.69 Å². The Labute approximate surface area is 60.0 Å². The smallest absolute Gasteiger partial charge is 0.202 e. The van der Waals surface area contributed by atoms with Crippen LogP contribution in [0.4, 0.5) is 11.5 Å². The van der Waals surface area contributed by atoms with Gasteiger partial charge in [-0.25, -0.2) is 4.98 Å². The molecule has 0 amide bonds. The summed E-state index contributed by atoms with van der Waals surface area (Å²) >= 11 is 3.27. The second kappa shape index (κ2) is 1.60. The molecule has 0 atom stereocenters. The summed E-state index contributed by atoms with van der Waals surface area (Å²) in [5.74, 6) is 0.734. The molecule has 4 heteroatoms. The highest BCUT2D eigenvalue weighted by Gasteiger charge is 2.09. The number of hydrogen-bond donors (Lipinski definition) is 0. The molecule has 1 aliphatic heterocycles. The lowest BCUT2D eigenvalue weighted by Gasteiger charge is -2.03. The Balaban J connectivity index is 2.63. The van der Waals surface area contributed by atoms with Crippen LogP contribution < -0.4 is 0 Å². The molecular formula is C5H2BrN3. The zero-order chi connectivity index (χ0) is 6.27. The van der Waals surface area contributed by atoms with Crippen LogP contribution in [0.5, 0.6) is 0 Å². The quantitative estimate of drug-likeness (QED) is 0.619. The van der Waals surface area contributed by atoms with Gasteiger partial charge in [-0.15, -0.1) is 10.2 Å². The van der Waals surface area contributed by atoms with Gasteiger partial charge in [-0.2, -0.15) is 0 Å². The normalized spacial score (nSPS) is 12.6. The third-order valence-corrected chi connectivity index (χ3v) is 1.50. The number of azo groups is 1. The van der Waals surface area contributed by atoms with Gasteiger partial charge in [-0.1, -0.05) is 0 Å². The standard InChI is InChI=1S/C5H2BrN3/c6-3-1-4-5(7-2-3)9-8-4/h1-2H. The maximum Gasteiger partial charge on any atom is 0.202 e. The Morgan fingerprint density at radius 1 is 1.33 bits per heavy atom. The zero-order valence-corrected chi connectivity index (χ0v) is 5.96. The van der Waals surface area contributed by atoms with E-state index in [0.29, 0.717) is 0 Å². The Kier molecular flexibility index (Phi) is 0.900. The fourth-order valence-electron chi connectivity index (χ4n) is 0.629. The van der Waals surface area contributed by atoms with Crippen molar-refractivity contribution in [3.05, 3.63) is 16.7 Å². The Morgan fingerprint density at radius 2 is 2.22 bits per heavy atom. The van der Waals surface area contributed by atoms with Crippen molar-refractivity contribution in [1.29, 1.82) is 0 Å². The first-order valence-corrected chi connectivity index (χ1v) is 3.23. The lowest BCUT2D eigenvalue weighted by molar-refractivity contribution is 1.06. The van der Waals surface area contributed by atoms with E-state index in [1.54, 1.807) is 6.20 Å². The maximum atomic E-state index is 3.96. The summed E-state index contributed by atoms with van der Waals surface area (Å²) in [7, 11) is 0. The average Bonchev–Trinajstić information content (AvgIpc) is 1.78. The molecule has 0 N–H and O–H groups in total. The first-order chi connectivity index (χ1) is 4.36. The van der Waals surface area contributed by atoms with Crippen molar-refractivity contribution in [2.75, 3.05) is 0 Å². The first-order valence-electron chi connectivity index (χ1n) is 2.43. The van der Waals surface area contributed by atoms with Crippen molar-refractivity contribution in [3.8, 4) is 0 Å². The van der Waals surface area contributed by atoms with Gasteiger partial charge in [0.25, 0.3) is 0 Å². The molecule has 0 radical (unpaired) electrons. The summed E-state index contributed by atoms with van der Waals surface area (Å²) in [6.07, 6.45) is 1.71. The molecular weight excluding hydrogens is 182 g/mol. The van der Waals surface area contributed by atoms with Crippen LogP contribution in [0.25, 0.3) is 0 Å². The summed E-state index contributed by atoms with van der Waals surface area (Å²) in [6, 6.07) is 1.88. The molecule has 1 aromatic rings. The predicted octanol–water partition coefficient (Wildman–Crippen LogP) is 2.57. The lowest BCUT2D eigenvalue weighted by Crippen LogP contribution is -1.80. The molecule has 0 aliphatic carbocycles. The highest BCUT2D eigenvalue weighted by atomic mass is 79.9. The molecule has 1 aromatic heterocycles. The minimum atomic E-state index is 0.734. The number of rotatable bonds is 0. The number of pyridine rings is 1. The van der Waals surface area contributed by atoms with Gasteiger partial charge in [-0.05, 0) is 22.0 Å². The summed E-state index contributed by atoms with van der Waals surface area (Å²) in [5, 5.41) is 7.39. The topological polar surface area (TPSA) is 37.6 Å². The van der Waals surface area contributed by atoms with E-state index in [4.69, 9.17) is 0 Å². The second-order valence-electron chi connectivity index (χ2n) is 1.70. The molecule has 0 bridgehead atoms. The van der Waals surface area contributed by atoms with E-state index in [2.05, 4.69) is 31.1 Å². The van der Waals surface area contributed by atoms with Crippen LogP contribution in [0.1, 0.15) is 0 Å². The Bertz CT molecular complexity index is 282. The third kappa shape index (κ3) is 0.666. The fourth-order valence-corrected chi connectivity index (χ4v) is 0.948. The highest BCUT2D eigenvalue weighted by Crippen LogP contribution is 2.36. The van der Waals surface area contributed by atoms with Crippen LogP contribution in [0.2, 0.25) is 0 Å². The van der Waals surface area contributed by atoms with Crippen LogP contribution in [0.3, 0.4) is 0 Å². The van der Waals surface area contributed by atoms with E-state index >= 15 is 0 Å². The molecule has 44 valence electrons. The number of nitrogens with zero attached hydrogens (tertiary/aromatic N) is 3. The zero-order valence-electron chi connectivity index (χ0n) is 4.37. The second-order valence-corrected chi connectivity index (χ2v) is 2.61. The minimum absolute atomic E-state index is 0.734. The van der Waals surface area contributed by atoms with E-state index in [0.717, 1.165) is 16.0 Å². The van der Waals surface area contributed by atoms with Crippen molar-refractivity contribution in [1.82, 2.24) is 4.98 Å². The molecule has 0 fully saturated rings. The lowest BCUT2D eigenvalue weighted by atomic mass is 10.4. The van der Waals surface area contributed by atoms with Crippen LogP contribution in [0, 0.1) is 0 Å². The SMILES string of the molecule is Brc1cnc2c(c1)N=N2. The summed E-state index contributed by atoms with van der Waals surface area (Å²) in [4.78, 5) is 3.96. The van der Waals surface area contributed by atoms with Crippen molar-refractivity contribution >= 4 is 27.4 Å². The van der Waals surface area contributed by atoms with Crippen LogP contribution >= 0.6 is 15.9 Å². The summed E-state index contributed by atoms with van der Waals surface area (Å²) < 4.78 is 0.944. The number of hydrogen-bond acceptors (Lipinski definition) is 3. The van der Waals surface area contributed by atoms with E-state index in [1.165, 1.54) is 0 Å². The molecule has 0 saturated heterocycles. The number of halogens is 1. The largest absolute Gasteiger partial charge is 0.232 e. The van der Waals surface area contributed by atoms with Crippen LogP contribution in [-0.2, 0) is 0 Å². The first kappa shape index (κ1) is 5.05. The van der Waals surface area contributed by atoms with Crippen molar-refractivity contribution in [3.63, 3.8) is 0 Å². The van der Waals surface area contributed by atoms with E-state index < -0.39 is 0 Å². The number of fused-ring (bicyclic) bond motifs is 1. The summed E-state index contributed by atoms with van der Waals surface area (Å²) in [5.41, 5.74) is 0.865. The van der Waals surface area contributed by atoms with E-state index in [1.807, 2.05) is 6.07 Å². The van der Waals surface area contributed by atoms with Crippen LogP contribution in [-0.4, -0.2) is 4.98 Å². The Hall–Kier alpha value is -0.770. The fraction of sp³-hybridized carbons (Fsp3) is 0. The van der Waals surface area contributed by atoms with Gasteiger partial charge in [0.2, 0.25) is 5.82 Å². The molecule has 3 nitrogen and oxygen atoms in total. The maximum absolute atomic E-state index is 3.96. The van der Waals surface area contributed by atoms with Crippen molar-refractivity contribution in [2.24, 2.45) is 10.2 Å². The average molecular weight is 184 g/mol. The molecule has 1 aliphatic rings. The molecule has 0 spiro atoms. The van der Waals surface area contributed by atoms with Gasteiger partial charge in [0, 0.05) is 10.7 Å². The highest BCUT2D eigenvalue weighted by molar-refractivity contribution is 9.10. The molecule has 2 rings (SSSR count). The van der Waals surface area contributed by atoms with E-state index in [-0.39, 0.29) is 0 Å². The monoisotopic (exact) mass is 183 g/mol. The third-order valence-electron chi connectivity index (χ3n) is 1.07. The van der Waals surface area contributed by atoms with Crippen LogP contribution in [0.15, 0.2) is 27.0 Å². The molecule has 0 aromatic carbocycles. The van der Waals surface area contributed by atoms with Gasteiger partial charge in [-0.3, -0.25) is 0 Å². The van der Waals surface area contributed by atoms with Gasteiger partial charge in [0.05, 0.1) is 0 Å². The predicted molar refractivity (Wildman–Crippen MR) is 36.1 cm³/mol. The van der Waals surface area contributed by atoms with Crippen molar-refractivity contribution < 1.29 is 0 Å². The molecule has 2 heterocycles. The minimum Gasteiger partial charge on any atom is -0.232 e. The number of aromatic nitrogens is 1. The molecule has 0 unspecified atom stereocenters. The summed E-state index contributed by atoms with van der Waals surface area (Å²) in [6.45, 7) is 0. The molecule has 0 saturated carbocycles. The Morgan fingerprint density at radius 3 is 2.67 bits per heavy atom. The van der Waals surface area contributed by atoms with Gasteiger partial charge in [0.15, 0.2) is 0 Å². The molecule has 9 heavy (non-hydrogen) atoms. The van der Waals surface area contributed by atoms with Gasteiger partial charge < -0.3 is 0 Å². The van der Waals surface area contributed by atoms with Gasteiger partial charge >= 0.3 is 0 Å². The van der Waals surface area contributed by atoms with Crippen molar-refractivity contribution in [2.45, 2.75) is 0 Å². The van der Waals surface area contributed by atoms with E-state index in [9.17, 15) is 0 Å².